The lowest BCUT2D eigenvalue weighted by Crippen LogP contribution is -2.12. The third-order valence-electron chi connectivity index (χ3n) is 2.89. The van der Waals surface area contributed by atoms with Crippen LogP contribution in [0.25, 0.3) is 0 Å². The molecule has 0 spiro atoms. The maximum atomic E-state index is 5.27. The van der Waals surface area contributed by atoms with E-state index < -0.39 is 0 Å². The first-order chi connectivity index (χ1) is 8.55. The minimum absolute atomic E-state index is 0.152. The Kier molecular flexibility index (Phi) is 3.70. The van der Waals surface area contributed by atoms with Crippen molar-refractivity contribution in [3.63, 3.8) is 0 Å². The maximum Gasteiger partial charge on any atom is 0.125 e. The van der Waals surface area contributed by atoms with Gasteiger partial charge in [-0.25, -0.2) is 4.98 Å². The number of nitrogens with zero attached hydrogens (tertiary/aromatic N) is 1. The largest absolute Gasteiger partial charge is 0.469 e. The normalized spacial score (nSPS) is 11.5. The molecule has 18 heavy (non-hydrogen) atoms. The molecule has 0 unspecified atom stereocenters. The molecule has 1 N–H and O–H groups in total. The molecule has 2 aromatic rings. The Hall–Kier alpha value is -1.77. The van der Waals surface area contributed by atoms with Gasteiger partial charge in [0.15, 0.2) is 0 Å². The van der Waals surface area contributed by atoms with Gasteiger partial charge in [0.05, 0.1) is 6.26 Å². The number of hydrogen-bond donors (Lipinski definition) is 1. The zero-order valence-corrected chi connectivity index (χ0v) is 11.2. The van der Waals surface area contributed by atoms with Gasteiger partial charge in [-0.15, -0.1) is 0 Å². The smallest absolute Gasteiger partial charge is 0.125 e. The first-order valence-electron chi connectivity index (χ1n) is 6.28. The summed E-state index contributed by atoms with van der Waals surface area (Å²) in [4.78, 5) is 4.42. The van der Waals surface area contributed by atoms with E-state index in [2.05, 4.69) is 37.1 Å². The summed E-state index contributed by atoms with van der Waals surface area (Å²) in [6.07, 6.45) is 4.51. The molecule has 3 heteroatoms. The lowest BCUT2D eigenvalue weighted by molar-refractivity contribution is 0.513. The van der Waals surface area contributed by atoms with Gasteiger partial charge in [0, 0.05) is 19.2 Å². The van der Waals surface area contributed by atoms with E-state index >= 15 is 0 Å². The second kappa shape index (κ2) is 5.25. The number of furan rings is 1. The topological polar surface area (TPSA) is 38.1 Å². The Morgan fingerprint density at radius 1 is 1.22 bits per heavy atom. The molecular weight excluding hydrogens is 224 g/mol. The summed E-state index contributed by atoms with van der Waals surface area (Å²) >= 11 is 0. The van der Waals surface area contributed by atoms with Crippen LogP contribution in [0.3, 0.4) is 0 Å². The second-order valence-corrected chi connectivity index (χ2v) is 5.44. The van der Waals surface area contributed by atoms with Crippen molar-refractivity contribution >= 4 is 5.82 Å². The molecular formula is C15H20N2O. The van der Waals surface area contributed by atoms with Crippen molar-refractivity contribution in [2.45, 2.75) is 32.6 Å². The Balaban J connectivity index is 1.87. The third kappa shape index (κ3) is 3.36. The first-order valence-corrected chi connectivity index (χ1v) is 6.28. The van der Waals surface area contributed by atoms with Crippen LogP contribution in [0.15, 0.2) is 41.1 Å². The van der Waals surface area contributed by atoms with Crippen LogP contribution in [-0.2, 0) is 11.8 Å². The fraction of sp³-hybridized carbons (Fsp3) is 0.400. The van der Waals surface area contributed by atoms with Crippen LogP contribution in [0.4, 0.5) is 5.82 Å². The van der Waals surface area contributed by atoms with Gasteiger partial charge >= 0.3 is 0 Å². The fourth-order valence-electron chi connectivity index (χ4n) is 1.71. The SMILES string of the molecule is CC(C)(C)c1ccc(NCCc2ccco2)nc1. The van der Waals surface area contributed by atoms with E-state index in [9.17, 15) is 0 Å². The summed E-state index contributed by atoms with van der Waals surface area (Å²) in [6, 6.07) is 8.05. The van der Waals surface area contributed by atoms with Crippen molar-refractivity contribution in [3.05, 3.63) is 48.0 Å². The highest BCUT2D eigenvalue weighted by molar-refractivity contribution is 5.37. The lowest BCUT2D eigenvalue weighted by atomic mass is 9.88. The zero-order valence-electron chi connectivity index (χ0n) is 11.2. The molecule has 0 bridgehead atoms. The Labute approximate surface area is 108 Å². The molecule has 2 aromatic heterocycles. The quantitative estimate of drug-likeness (QED) is 0.892. The molecule has 0 saturated carbocycles. The summed E-state index contributed by atoms with van der Waals surface area (Å²) in [7, 11) is 0. The van der Waals surface area contributed by atoms with Crippen LogP contribution in [0.5, 0.6) is 0 Å². The molecule has 3 nitrogen and oxygen atoms in total. The van der Waals surface area contributed by atoms with Crippen LogP contribution in [-0.4, -0.2) is 11.5 Å². The zero-order chi connectivity index (χ0) is 13.0. The monoisotopic (exact) mass is 244 g/mol. The van der Waals surface area contributed by atoms with Crippen LogP contribution < -0.4 is 5.32 Å². The molecule has 0 fully saturated rings. The number of hydrogen-bond acceptors (Lipinski definition) is 3. The molecule has 0 aliphatic carbocycles. The number of anilines is 1. The van der Waals surface area contributed by atoms with Gasteiger partial charge in [-0.05, 0) is 29.2 Å². The average molecular weight is 244 g/mol. The van der Waals surface area contributed by atoms with E-state index in [0.29, 0.717) is 0 Å². The van der Waals surface area contributed by atoms with Gasteiger partial charge in [0.2, 0.25) is 0 Å². The van der Waals surface area contributed by atoms with Gasteiger partial charge < -0.3 is 9.73 Å². The summed E-state index contributed by atoms with van der Waals surface area (Å²) < 4.78 is 5.27. The number of aromatic nitrogens is 1. The average Bonchev–Trinajstić information content (AvgIpc) is 2.82. The van der Waals surface area contributed by atoms with Gasteiger partial charge in [0.25, 0.3) is 0 Å². The van der Waals surface area contributed by atoms with Gasteiger partial charge in [-0.1, -0.05) is 26.8 Å². The molecule has 0 amide bonds. The van der Waals surface area contributed by atoms with Crippen LogP contribution in [0, 0.1) is 0 Å². The van der Waals surface area contributed by atoms with Crippen molar-refractivity contribution in [3.8, 4) is 0 Å². The minimum Gasteiger partial charge on any atom is -0.469 e. The number of rotatable bonds is 4. The molecule has 0 radical (unpaired) electrons. The highest BCUT2D eigenvalue weighted by Crippen LogP contribution is 2.21. The van der Waals surface area contributed by atoms with E-state index in [-0.39, 0.29) is 5.41 Å². The van der Waals surface area contributed by atoms with Crippen molar-refractivity contribution in [1.82, 2.24) is 4.98 Å². The number of pyridine rings is 1. The van der Waals surface area contributed by atoms with Crippen LogP contribution in [0.2, 0.25) is 0 Å². The molecule has 0 aliphatic rings. The molecule has 0 saturated heterocycles. The van der Waals surface area contributed by atoms with E-state index in [1.807, 2.05) is 24.4 Å². The van der Waals surface area contributed by atoms with E-state index in [1.54, 1.807) is 6.26 Å². The molecule has 2 rings (SSSR count). The predicted molar refractivity (Wildman–Crippen MR) is 73.8 cm³/mol. The van der Waals surface area contributed by atoms with E-state index in [0.717, 1.165) is 24.5 Å². The first kappa shape index (κ1) is 12.7. The summed E-state index contributed by atoms with van der Waals surface area (Å²) in [5.41, 5.74) is 1.40. The predicted octanol–water partition coefficient (Wildman–Crippen LogP) is 3.63. The molecule has 0 aliphatic heterocycles. The lowest BCUT2D eigenvalue weighted by Gasteiger charge is -2.18. The van der Waals surface area contributed by atoms with Crippen molar-refractivity contribution in [2.75, 3.05) is 11.9 Å². The van der Waals surface area contributed by atoms with Gasteiger partial charge in [-0.3, -0.25) is 0 Å². The van der Waals surface area contributed by atoms with Crippen molar-refractivity contribution in [2.24, 2.45) is 0 Å². The summed E-state index contributed by atoms with van der Waals surface area (Å²) in [5.74, 6) is 1.91. The third-order valence-corrected chi connectivity index (χ3v) is 2.89. The number of nitrogens with one attached hydrogen (secondary N) is 1. The Morgan fingerprint density at radius 3 is 2.61 bits per heavy atom. The van der Waals surface area contributed by atoms with Crippen molar-refractivity contribution in [1.29, 1.82) is 0 Å². The van der Waals surface area contributed by atoms with Crippen LogP contribution in [0.1, 0.15) is 32.1 Å². The standard InChI is InChI=1S/C15H20N2O/c1-15(2,3)12-6-7-14(17-11-12)16-9-8-13-5-4-10-18-13/h4-7,10-11H,8-9H2,1-3H3,(H,16,17). The molecule has 2 heterocycles. The Morgan fingerprint density at radius 2 is 2.06 bits per heavy atom. The summed E-state index contributed by atoms with van der Waals surface area (Å²) in [6.45, 7) is 7.39. The Bertz CT molecular complexity index is 466. The van der Waals surface area contributed by atoms with Gasteiger partial charge in [0.1, 0.15) is 11.6 Å². The van der Waals surface area contributed by atoms with Crippen molar-refractivity contribution < 1.29 is 4.42 Å². The molecule has 96 valence electrons. The highest BCUT2D eigenvalue weighted by atomic mass is 16.3. The maximum absolute atomic E-state index is 5.27. The second-order valence-electron chi connectivity index (χ2n) is 5.44. The molecule has 0 aromatic carbocycles. The van der Waals surface area contributed by atoms with Crippen LogP contribution >= 0.6 is 0 Å². The van der Waals surface area contributed by atoms with E-state index in [4.69, 9.17) is 4.42 Å². The minimum atomic E-state index is 0.152. The van der Waals surface area contributed by atoms with Gasteiger partial charge in [-0.2, -0.15) is 0 Å². The highest BCUT2D eigenvalue weighted by Gasteiger charge is 2.13. The van der Waals surface area contributed by atoms with E-state index in [1.165, 1.54) is 5.56 Å². The summed E-state index contributed by atoms with van der Waals surface area (Å²) in [5, 5.41) is 3.29. The fourth-order valence-corrected chi connectivity index (χ4v) is 1.71. The molecule has 0 atom stereocenters.